The first-order valence-electron chi connectivity index (χ1n) is 7.85. The minimum absolute atomic E-state index is 0.0504. The van der Waals surface area contributed by atoms with Gasteiger partial charge in [-0.2, -0.15) is 0 Å². The van der Waals surface area contributed by atoms with Crippen molar-refractivity contribution in [3.05, 3.63) is 59.4 Å². The predicted molar refractivity (Wildman–Crippen MR) is 94.6 cm³/mol. The molecule has 2 aromatic rings. The Balaban J connectivity index is 1.94. The molecule has 0 aliphatic carbocycles. The van der Waals surface area contributed by atoms with Crippen molar-refractivity contribution in [2.75, 3.05) is 20.8 Å². The number of aliphatic hydroxyl groups is 1. The van der Waals surface area contributed by atoms with Gasteiger partial charge in [-0.3, -0.25) is 9.88 Å². The molecule has 0 bridgehead atoms. The second kappa shape index (κ2) is 10.0. The van der Waals surface area contributed by atoms with Gasteiger partial charge in [-0.25, -0.2) is 0 Å². The van der Waals surface area contributed by atoms with E-state index < -0.39 is 0 Å². The number of benzene rings is 1. The van der Waals surface area contributed by atoms with Gasteiger partial charge >= 0.3 is 7.62 Å². The van der Waals surface area contributed by atoms with Crippen molar-refractivity contribution < 1.29 is 14.5 Å². The van der Waals surface area contributed by atoms with Crippen LogP contribution in [-0.2, 0) is 24.4 Å². The highest BCUT2D eigenvalue weighted by atomic mass is 16.5. The van der Waals surface area contributed by atoms with E-state index in [-0.39, 0.29) is 6.61 Å². The molecule has 0 spiro atoms. The molecule has 128 valence electrons. The van der Waals surface area contributed by atoms with Crippen molar-refractivity contribution in [1.29, 1.82) is 0 Å². The van der Waals surface area contributed by atoms with E-state index in [0.717, 1.165) is 29.9 Å². The second-order valence-electron chi connectivity index (χ2n) is 5.60. The van der Waals surface area contributed by atoms with Crippen LogP contribution in [0, 0.1) is 0 Å². The summed E-state index contributed by atoms with van der Waals surface area (Å²) in [6, 6.07) is 9.74. The first kappa shape index (κ1) is 18.4. The molecular weight excluding hydrogens is 305 g/mol. The van der Waals surface area contributed by atoms with E-state index in [0.29, 0.717) is 20.0 Å². The predicted octanol–water partition coefficient (Wildman–Crippen LogP) is 1.04. The number of ether oxygens (including phenoxy) is 1. The van der Waals surface area contributed by atoms with Gasteiger partial charge in [0.25, 0.3) is 0 Å². The largest absolute Gasteiger partial charge is 0.489 e. The number of pyridine rings is 1. The van der Waals surface area contributed by atoms with Crippen LogP contribution >= 0.6 is 0 Å². The molecule has 7 heteroatoms. The van der Waals surface area contributed by atoms with Crippen molar-refractivity contribution in [2.45, 2.75) is 19.8 Å². The summed E-state index contributed by atoms with van der Waals surface area (Å²) >= 11 is 0. The summed E-state index contributed by atoms with van der Waals surface area (Å²) in [5, 5.41) is 12.8. The number of hydrogen-bond acceptors (Lipinski definition) is 6. The minimum atomic E-state index is -0.0504. The maximum atomic E-state index is 9.62. The maximum absolute atomic E-state index is 9.62. The van der Waals surface area contributed by atoms with Crippen LogP contribution in [0.1, 0.15) is 16.7 Å². The first-order chi connectivity index (χ1) is 11.7. The van der Waals surface area contributed by atoms with Gasteiger partial charge in [0.15, 0.2) is 0 Å². The molecule has 2 rings (SSSR count). The Hall–Kier alpha value is -1.93. The molecule has 0 radical (unpaired) electrons. The average Bonchev–Trinajstić information content (AvgIpc) is 2.61. The van der Waals surface area contributed by atoms with Crippen LogP contribution in [0.25, 0.3) is 0 Å². The van der Waals surface area contributed by atoms with Gasteiger partial charge in [0.05, 0.1) is 6.61 Å². The minimum Gasteiger partial charge on any atom is -0.489 e. The van der Waals surface area contributed by atoms with E-state index in [4.69, 9.17) is 9.39 Å². The number of hydrogen-bond donors (Lipinski definition) is 2. The SMILES string of the molecule is COBNCN(C)Cc1ccc(OCc2ccncc2)c(CO)c1. The molecule has 1 aromatic heterocycles. The van der Waals surface area contributed by atoms with Crippen molar-refractivity contribution in [2.24, 2.45) is 0 Å². The van der Waals surface area contributed by atoms with Crippen LogP contribution in [0.5, 0.6) is 5.75 Å². The fourth-order valence-corrected chi connectivity index (χ4v) is 2.34. The molecule has 0 aliphatic heterocycles. The highest BCUT2D eigenvalue weighted by Gasteiger charge is 2.07. The lowest BCUT2D eigenvalue weighted by molar-refractivity contribution is 0.258. The second-order valence-corrected chi connectivity index (χ2v) is 5.60. The first-order valence-corrected chi connectivity index (χ1v) is 7.85. The molecule has 2 N–H and O–H groups in total. The van der Waals surface area contributed by atoms with Crippen LogP contribution < -0.4 is 9.96 Å². The number of aromatic nitrogens is 1. The molecule has 0 saturated carbocycles. The molecule has 0 aliphatic rings. The molecule has 0 saturated heterocycles. The van der Waals surface area contributed by atoms with Gasteiger partial charge in [0, 0.05) is 38.3 Å². The van der Waals surface area contributed by atoms with Gasteiger partial charge in [0.2, 0.25) is 0 Å². The van der Waals surface area contributed by atoms with E-state index in [1.165, 1.54) is 0 Å². The lowest BCUT2D eigenvalue weighted by atomic mass is 10.1. The Labute approximate surface area is 143 Å². The monoisotopic (exact) mass is 329 g/mol. The van der Waals surface area contributed by atoms with Gasteiger partial charge in [-0.1, -0.05) is 6.07 Å². The molecular formula is C17H24BN3O3. The van der Waals surface area contributed by atoms with E-state index in [9.17, 15) is 5.11 Å². The zero-order valence-corrected chi connectivity index (χ0v) is 14.2. The third-order valence-electron chi connectivity index (χ3n) is 3.52. The van der Waals surface area contributed by atoms with Crippen LogP contribution in [-0.4, -0.2) is 43.4 Å². The van der Waals surface area contributed by atoms with E-state index in [2.05, 4.69) is 15.1 Å². The Morgan fingerprint density at radius 3 is 2.71 bits per heavy atom. The van der Waals surface area contributed by atoms with Crippen LogP contribution in [0.3, 0.4) is 0 Å². The van der Waals surface area contributed by atoms with Crippen LogP contribution in [0.4, 0.5) is 0 Å². The molecule has 0 amide bonds. The highest BCUT2D eigenvalue weighted by molar-refractivity contribution is 6.23. The van der Waals surface area contributed by atoms with Gasteiger partial charge < -0.3 is 19.7 Å². The van der Waals surface area contributed by atoms with Crippen molar-refractivity contribution in [3.63, 3.8) is 0 Å². The zero-order chi connectivity index (χ0) is 17.2. The fraction of sp³-hybridized carbons (Fsp3) is 0.353. The summed E-state index contributed by atoms with van der Waals surface area (Å²) in [6.45, 7) is 1.90. The normalized spacial score (nSPS) is 10.8. The Kier molecular flexibility index (Phi) is 7.71. The molecule has 0 atom stereocenters. The topological polar surface area (TPSA) is 66.9 Å². The smallest absolute Gasteiger partial charge is 0.361 e. The Morgan fingerprint density at radius 2 is 2.00 bits per heavy atom. The molecule has 1 aromatic carbocycles. The molecule has 0 unspecified atom stereocenters. The number of nitrogens with zero attached hydrogens (tertiary/aromatic N) is 2. The van der Waals surface area contributed by atoms with Crippen molar-refractivity contribution in [3.8, 4) is 5.75 Å². The quantitative estimate of drug-likeness (QED) is 0.386. The molecule has 24 heavy (non-hydrogen) atoms. The molecule has 6 nitrogen and oxygen atoms in total. The van der Waals surface area contributed by atoms with E-state index >= 15 is 0 Å². The average molecular weight is 329 g/mol. The lowest BCUT2D eigenvalue weighted by Crippen LogP contribution is -2.33. The fourth-order valence-electron chi connectivity index (χ4n) is 2.34. The van der Waals surface area contributed by atoms with Gasteiger partial charge in [-0.15, -0.1) is 0 Å². The summed E-state index contributed by atoms with van der Waals surface area (Å²) in [6.07, 6.45) is 3.48. The summed E-state index contributed by atoms with van der Waals surface area (Å²) < 4.78 is 10.8. The van der Waals surface area contributed by atoms with Crippen molar-refractivity contribution in [1.82, 2.24) is 15.1 Å². The van der Waals surface area contributed by atoms with Crippen LogP contribution in [0.15, 0.2) is 42.7 Å². The summed E-state index contributed by atoms with van der Waals surface area (Å²) in [7, 11) is 4.20. The Morgan fingerprint density at radius 1 is 1.21 bits per heavy atom. The standard InChI is InChI=1S/C17H24BN3O3/c1-21(13-20-18-23-2)10-15-3-4-17(16(9-15)11-22)24-12-14-5-7-19-8-6-14/h3-9,18,20,22H,10-13H2,1-2H3. The highest BCUT2D eigenvalue weighted by Crippen LogP contribution is 2.22. The number of nitrogens with one attached hydrogen (secondary N) is 1. The number of rotatable bonds is 10. The molecule has 0 fully saturated rings. The summed E-state index contributed by atoms with van der Waals surface area (Å²) in [4.78, 5) is 6.12. The zero-order valence-electron chi connectivity index (χ0n) is 14.2. The van der Waals surface area contributed by atoms with Crippen LogP contribution in [0.2, 0.25) is 0 Å². The lowest BCUT2D eigenvalue weighted by Gasteiger charge is -2.18. The number of aliphatic hydroxyl groups excluding tert-OH is 1. The van der Waals surface area contributed by atoms with E-state index in [1.807, 2.05) is 37.4 Å². The molecule has 1 heterocycles. The van der Waals surface area contributed by atoms with E-state index in [1.54, 1.807) is 19.5 Å². The van der Waals surface area contributed by atoms with Crippen molar-refractivity contribution >= 4 is 7.62 Å². The van der Waals surface area contributed by atoms with Gasteiger partial charge in [0.1, 0.15) is 12.4 Å². The Bertz CT molecular complexity index is 613. The summed E-state index contributed by atoms with van der Waals surface area (Å²) in [5.41, 5.74) is 2.96. The van der Waals surface area contributed by atoms with Gasteiger partial charge in [-0.05, 0) is 42.4 Å². The third-order valence-corrected chi connectivity index (χ3v) is 3.52. The summed E-state index contributed by atoms with van der Waals surface area (Å²) in [5.74, 6) is 0.707. The maximum Gasteiger partial charge on any atom is 0.361 e. The third kappa shape index (κ3) is 5.94.